The second-order valence-corrected chi connectivity index (χ2v) is 5.73. The molecule has 0 saturated heterocycles. The van der Waals surface area contributed by atoms with Crippen LogP contribution in [0.2, 0.25) is 0 Å². The molecule has 0 unspecified atom stereocenters. The molecule has 1 amide bonds. The molecule has 0 aromatic heterocycles. The van der Waals surface area contributed by atoms with Gasteiger partial charge in [-0.25, -0.2) is 4.39 Å². The zero-order valence-corrected chi connectivity index (χ0v) is 13.4. The van der Waals surface area contributed by atoms with Gasteiger partial charge in [0.25, 0.3) is 0 Å². The maximum Gasteiger partial charge on any atom is 0.244 e. The number of carbonyl (C=O) groups excluding carboxylic acids is 1. The van der Waals surface area contributed by atoms with Crippen LogP contribution in [0.5, 0.6) is 0 Å². The Morgan fingerprint density at radius 2 is 1.79 bits per heavy atom. The van der Waals surface area contributed by atoms with Crippen molar-refractivity contribution in [3.05, 3.63) is 89.8 Å². The molecule has 0 saturated carbocycles. The van der Waals surface area contributed by atoms with Crippen LogP contribution in [0, 0.1) is 5.82 Å². The van der Waals surface area contributed by atoms with E-state index in [1.165, 1.54) is 23.6 Å². The second-order valence-electron chi connectivity index (χ2n) is 5.73. The van der Waals surface area contributed by atoms with Crippen molar-refractivity contribution in [2.45, 2.75) is 13.0 Å². The molecule has 3 rings (SSSR count). The van der Waals surface area contributed by atoms with Crippen LogP contribution in [0.15, 0.2) is 72.8 Å². The summed E-state index contributed by atoms with van der Waals surface area (Å²) in [5.74, 6) is -0.526. The largest absolute Gasteiger partial charge is 0.346 e. The average Bonchev–Trinajstić information content (AvgIpc) is 2.59. The number of nitrogens with one attached hydrogen (secondary N) is 1. The van der Waals surface area contributed by atoms with Gasteiger partial charge in [0.1, 0.15) is 5.82 Å². The SMILES string of the molecule is C[C@H](NC(=O)C=Cc1cccc(F)c1)c1ccc2ccccc2c1. The number of carbonyl (C=O) groups is 1. The van der Waals surface area contributed by atoms with Gasteiger partial charge in [0.05, 0.1) is 6.04 Å². The van der Waals surface area contributed by atoms with Gasteiger partial charge in [-0.15, -0.1) is 0 Å². The lowest BCUT2D eigenvalue weighted by Gasteiger charge is -2.13. The van der Waals surface area contributed by atoms with Crippen LogP contribution in [-0.4, -0.2) is 5.91 Å². The van der Waals surface area contributed by atoms with E-state index in [1.807, 2.05) is 25.1 Å². The number of rotatable bonds is 4. The third kappa shape index (κ3) is 3.87. The lowest BCUT2D eigenvalue weighted by molar-refractivity contribution is -0.117. The van der Waals surface area contributed by atoms with E-state index < -0.39 is 0 Å². The third-order valence-corrected chi connectivity index (χ3v) is 3.91. The maximum absolute atomic E-state index is 13.1. The first-order chi connectivity index (χ1) is 11.6. The zero-order chi connectivity index (χ0) is 16.9. The number of amides is 1. The lowest BCUT2D eigenvalue weighted by Crippen LogP contribution is -2.24. The minimum Gasteiger partial charge on any atom is -0.346 e. The molecule has 1 N–H and O–H groups in total. The summed E-state index contributed by atoms with van der Waals surface area (Å²) in [5, 5.41) is 5.24. The van der Waals surface area contributed by atoms with Crippen molar-refractivity contribution in [2.75, 3.05) is 0 Å². The summed E-state index contributed by atoms with van der Waals surface area (Å²) in [6.45, 7) is 1.94. The highest BCUT2D eigenvalue weighted by atomic mass is 19.1. The molecule has 0 aliphatic rings. The van der Waals surface area contributed by atoms with Gasteiger partial charge in [-0.05, 0) is 53.1 Å². The predicted molar refractivity (Wildman–Crippen MR) is 95.9 cm³/mol. The van der Waals surface area contributed by atoms with Gasteiger partial charge in [0.15, 0.2) is 0 Å². The highest BCUT2D eigenvalue weighted by Crippen LogP contribution is 2.20. The normalized spacial score (nSPS) is 12.4. The Kier molecular flexibility index (Phi) is 4.71. The Labute approximate surface area is 140 Å². The van der Waals surface area contributed by atoms with Crippen molar-refractivity contribution < 1.29 is 9.18 Å². The van der Waals surface area contributed by atoms with Crippen molar-refractivity contribution in [3.8, 4) is 0 Å². The van der Waals surface area contributed by atoms with Crippen LogP contribution in [0.25, 0.3) is 16.8 Å². The standard InChI is InChI=1S/C21H18FNO/c1-15(18-11-10-17-6-2-3-7-19(17)14-18)23-21(24)12-9-16-5-4-8-20(22)13-16/h2-15H,1H3,(H,23,24)/t15-/m0/s1. The van der Waals surface area contributed by atoms with Gasteiger partial charge in [-0.1, -0.05) is 48.5 Å². The highest BCUT2D eigenvalue weighted by molar-refractivity contribution is 5.92. The molecule has 1 atom stereocenters. The molecule has 0 bridgehead atoms. The first kappa shape index (κ1) is 15.9. The first-order valence-corrected chi connectivity index (χ1v) is 7.85. The van der Waals surface area contributed by atoms with Crippen molar-refractivity contribution in [3.63, 3.8) is 0 Å². The Hall–Kier alpha value is -2.94. The van der Waals surface area contributed by atoms with Gasteiger partial charge < -0.3 is 5.32 Å². The summed E-state index contributed by atoms with van der Waals surface area (Å²) in [6, 6.07) is 20.3. The molecule has 3 aromatic rings. The lowest BCUT2D eigenvalue weighted by atomic mass is 10.0. The van der Waals surface area contributed by atoms with Crippen molar-refractivity contribution in [1.82, 2.24) is 5.32 Å². The molecule has 0 fully saturated rings. The van der Waals surface area contributed by atoms with Gasteiger partial charge in [-0.3, -0.25) is 4.79 Å². The van der Waals surface area contributed by atoms with Crippen molar-refractivity contribution >= 4 is 22.8 Å². The third-order valence-electron chi connectivity index (χ3n) is 3.91. The quantitative estimate of drug-likeness (QED) is 0.683. The number of hydrogen-bond acceptors (Lipinski definition) is 1. The molecule has 120 valence electrons. The topological polar surface area (TPSA) is 29.1 Å². The van der Waals surface area contributed by atoms with E-state index in [0.29, 0.717) is 5.56 Å². The molecular weight excluding hydrogens is 301 g/mol. The van der Waals surface area contributed by atoms with Crippen LogP contribution >= 0.6 is 0 Å². The Morgan fingerprint density at radius 3 is 2.58 bits per heavy atom. The summed E-state index contributed by atoms with van der Waals surface area (Å²) >= 11 is 0. The van der Waals surface area contributed by atoms with E-state index >= 15 is 0 Å². The molecule has 2 nitrogen and oxygen atoms in total. The first-order valence-electron chi connectivity index (χ1n) is 7.85. The van der Waals surface area contributed by atoms with E-state index in [-0.39, 0.29) is 17.8 Å². The number of benzene rings is 3. The predicted octanol–water partition coefficient (Wildman–Crippen LogP) is 4.87. The number of hydrogen-bond donors (Lipinski definition) is 1. The zero-order valence-electron chi connectivity index (χ0n) is 13.4. The summed E-state index contributed by atoms with van der Waals surface area (Å²) in [7, 11) is 0. The molecule has 0 aliphatic carbocycles. The van der Waals surface area contributed by atoms with Gasteiger partial charge in [0, 0.05) is 6.08 Å². The fraction of sp³-hybridized carbons (Fsp3) is 0.0952. The van der Waals surface area contributed by atoms with E-state index in [9.17, 15) is 9.18 Å². The molecular formula is C21H18FNO. The second kappa shape index (κ2) is 7.09. The summed E-state index contributed by atoms with van der Waals surface area (Å²) < 4.78 is 13.1. The molecule has 24 heavy (non-hydrogen) atoms. The molecule has 0 spiro atoms. The Bertz CT molecular complexity index is 901. The van der Waals surface area contributed by atoms with Crippen LogP contribution in [0.1, 0.15) is 24.1 Å². The van der Waals surface area contributed by atoms with Gasteiger partial charge >= 0.3 is 0 Å². The maximum atomic E-state index is 13.1. The minimum atomic E-state index is -0.318. The van der Waals surface area contributed by atoms with Gasteiger partial charge in [-0.2, -0.15) is 0 Å². The fourth-order valence-corrected chi connectivity index (χ4v) is 2.60. The summed E-state index contributed by atoms with van der Waals surface area (Å²) in [6.07, 6.45) is 3.03. The van der Waals surface area contributed by atoms with Crippen LogP contribution in [0.3, 0.4) is 0 Å². The molecule has 0 heterocycles. The van der Waals surface area contributed by atoms with Crippen molar-refractivity contribution in [1.29, 1.82) is 0 Å². The summed E-state index contributed by atoms with van der Waals surface area (Å²) in [4.78, 5) is 12.1. The number of fused-ring (bicyclic) bond motifs is 1. The van der Waals surface area contributed by atoms with E-state index in [4.69, 9.17) is 0 Å². The molecule has 3 aromatic carbocycles. The van der Waals surface area contributed by atoms with Crippen LogP contribution in [0.4, 0.5) is 4.39 Å². The minimum absolute atomic E-state index is 0.112. The van der Waals surface area contributed by atoms with E-state index in [1.54, 1.807) is 18.2 Å². The van der Waals surface area contributed by atoms with E-state index in [0.717, 1.165) is 10.9 Å². The van der Waals surface area contributed by atoms with E-state index in [2.05, 4.69) is 29.6 Å². The summed E-state index contributed by atoms with van der Waals surface area (Å²) in [5.41, 5.74) is 1.70. The highest BCUT2D eigenvalue weighted by Gasteiger charge is 2.08. The molecule has 3 heteroatoms. The molecule has 0 radical (unpaired) electrons. The Balaban J connectivity index is 1.68. The average molecular weight is 319 g/mol. The van der Waals surface area contributed by atoms with Crippen LogP contribution in [-0.2, 0) is 4.79 Å². The smallest absolute Gasteiger partial charge is 0.244 e. The monoisotopic (exact) mass is 319 g/mol. The number of halogens is 1. The fourth-order valence-electron chi connectivity index (χ4n) is 2.60. The molecule has 0 aliphatic heterocycles. The van der Waals surface area contributed by atoms with Gasteiger partial charge in [0.2, 0.25) is 5.91 Å². The van der Waals surface area contributed by atoms with Crippen LogP contribution < -0.4 is 5.32 Å². The van der Waals surface area contributed by atoms with Crippen molar-refractivity contribution in [2.24, 2.45) is 0 Å². The Morgan fingerprint density at radius 1 is 1.00 bits per heavy atom.